The maximum absolute atomic E-state index is 11.0. The molecule has 6 nitrogen and oxygen atoms in total. The molecule has 0 saturated carbocycles. The van der Waals surface area contributed by atoms with Crippen LogP contribution in [0.1, 0.15) is 34.6 Å². The molecule has 6 heteroatoms. The minimum absolute atomic E-state index is 0.0965. The normalized spacial score (nSPS) is 17.9. The standard InChI is InChI=1S/C18H24N4O2/c1-13-5-7-15(8-6-13)22-9-3-4-14(12-22)19-11-16-10-17(18(23)24)20-21(16)2/h5-8,10,14,19H,3-4,9,11-12H2,1-2H3,(H,23,24). The van der Waals surface area contributed by atoms with Crippen LogP contribution in [-0.4, -0.2) is 40.0 Å². The molecule has 0 spiro atoms. The smallest absolute Gasteiger partial charge is 0.356 e. The largest absolute Gasteiger partial charge is 0.476 e. The van der Waals surface area contributed by atoms with Crippen molar-refractivity contribution in [1.29, 1.82) is 0 Å². The van der Waals surface area contributed by atoms with Crippen LogP contribution in [0.15, 0.2) is 30.3 Å². The molecule has 0 radical (unpaired) electrons. The van der Waals surface area contributed by atoms with Crippen LogP contribution in [0.5, 0.6) is 0 Å². The highest BCUT2D eigenvalue weighted by Gasteiger charge is 2.20. The van der Waals surface area contributed by atoms with Crippen molar-refractivity contribution in [2.24, 2.45) is 7.05 Å². The van der Waals surface area contributed by atoms with Crippen molar-refractivity contribution in [3.05, 3.63) is 47.3 Å². The van der Waals surface area contributed by atoms with Gasteiger partial charge in [0.2, 0.25) is 0 Å². The van der Waals surface area contributed by atoms with Gasteiger partial charge in [-0.15, -0.1) is 0 Å². The predicted molar refractivity (Wildman–Crippen MR) is 93.4 cm³/mol. The molecule has 128 valence electrons. The first-order valence-corrected chi connectivity index (χ1v) is 8.34. The molecule has 2 heterocycles. The number of carbonyl (C=O) groups is 1. The van der Waals surface area contributed by atoms with Crippen molar-refractivity contribution in [2.45, 2.75) is 32.4 Å². The lowest BCUT2D eigenvalue weighted by Crippen LogP contribution is -2.45. The first kappa shape index (κ1) is 16.5. The molecule has 1 fully saturated rings. The molecule has 3 rings (SSSR count). The first-order valence-electron chi connectivity index (χ1n) is 8.34. The molecule has 1 aliphatic rings. The monoisotopic (exact) mass is 328 g/mol. The zero-order valence-electron chi connectivity index (χ0n) is 14.2. The Balaban J connectivity index is 1.59. The van der Waals surface area contributed by atoms with Crippen molar-refractivity contribution in [3.8, 4) is 0 Å². The molecule has 24 heavy (non-hydrogen) atoms. The number of nitrogens with one attached hydrogen (secondary N) is 1. The number of aromatic carboxylic acids is 1. The van der Waals surface area contributed by atoms with Gasteiger partial charge < -0.3 is 15.3 Å². The number of hydrogen-bond donors (Lipinski definition) is 2. The fourth-order valence-electron chi connectivity index (χ4n) is 3.16. The minimum Gasteiger partial charge on any atom is -0.476 e. The Labute approximate surface area is 142 Å². The minimum atomic E-state index is -0.986. The van der Waals surface area contributed by atoms with E-state index in [-0.39, 0.29) is 5.69 Å². The number of piperidine rings is 1. The number of carboxylic acid groups (broad SMARTS) is 1. The van der Waals surface area contributed by atoms with E-state index in [1.807, 2.05) is 0 Å². The summed E-state index contributed by atoms with van der Waals surface area (Å²) in [5, 5.41) is 16.6. The van der Waals surface area contributed by atoms with Gasteiger partial charge in [0.25, 0.3) is 0 Å². The van der Waals surface area contributed by atoms with Crippen LogP contribution in [0.4, 0.5) is 5.69 Å². The van der Waals surface area contributed by atoms with Gasteiger partial charge in [0.15, 0.2) is 5.69 Å². The Bertz CT molecular complexity index is 708. The average Bonchev–Trinajstić information content (AvgIpc) is 2.95. The summed E-state index contributed by atoms with van der Waals surface area (Å²) in [5.74, 6) is -0.986. The fourth-order valence-corrected chi connectivity index (χ4v) is 3.16. The number of carboxylic acids is 1. The Morgan fingerprint density at radius 3 is 2.79 bits per heavy atom. The summed E-state index contributed by atoms with van der Waals surface area (Å²) in [6.07, 6.45) is 2.28. The van der Waals surface area contributed by atoms with Gasteiger partial charge in [-0.25, -0.2) is 4.79 Å². The maximum Gasteiger partial charge on any atom is 0.356 e. The molecule has 1 unspecified atom stereocenters. The van der Waals surface area contributed by atoms with Crippen LogP contribution < -0.4 is 10.2 Å². The SMILES string of the molecule is Cc1ccc(N2CCCC(NCc3cc(C(=O)O)nn3C)C2)cc1. The summed E-state index contributed by atoms with van der Waals surface area (Å²) < 4.78 is 1.64. The number of aryl methyl sites for hydroxylation is 2. The van der Waals surface area contributed by atoms with E-state index in [1.54, 1.807) is 17.8 Å². The third kappa shape index (κ3) is 3.76. The highest BCUT2D eigenvalue weighted by Crippen LogP contribution is 2.20. The lowest BCUT2D eigenvalue weighted by atomic mass is 10.0. The number of hydrogen-bond acceptors (Lipinski definition) is 4. The second-order valence-corrected chi connectivity index (χ2v) is 6.45. The van der Waals surface area contributed by atoms with Gasteiger partial charge in [-0.1, -0.05) is 17.7 Å². The summed E-state index contributed by atoms with van der Waals surface area (Å²) in [5.41, 5.74) is 3.52. The highest BCUT2D eigenvalue weighted by atomic mass is 16.4. The molecule has 1 aromatic carbocycles. The Kier molecular flexibility index (Phi) is 4.85. The Morgan fingerprint density at radius 1 is 1.38 bits per heavy atom. The van der Waals surface area contributed by atoms with Crippen molar-refractivity contribution in [2.75, 3.05) is 18.0 Å². The van der Waals surface area contributed by atoms with Gasteiger partial charge in [-0.05, 0) is 38.0 Å². The molecule has 1 atom stereocenters. The second kappa shape index (κ2) is 7.05. The molecular weight excluding hydrogens is 304 g/mol. The number of nitrogens with zero attached hydrogens (tertiary/aromatic N) is 3. The third-order valence-corrected chi connectivity index (χ3v) is 4.59. The summed E-state index contributed by atoms with van der Waals surface area (Å²) in [6, 6.07) is 10.7. The molecule has 0 bridgehead atoms. The zero-order chi connectivity index (χ0) is 17.1. The van der Waals surface area contributed by atoms with Crippen molar-refractivity contribution >= 4 is 11.7 Å². The van der Waals surface area contributed by atoms with Crippen LogP contribution in [-0.2, 0) is 13.6 Å². The van der Waals surface area contributed by atoms with Gasteiger partial charge in [-0.3, -0.25) is 4.68 Å². The van der Waals surface area contributed by atoms with E-state index in [1.165, 1.54) is 11.3 Å². The van der Waals surface area contributed by atoms with E-state index in [9.17, 15) is 4.79 Å². The van der Waals surface area contributed by atoms with Crippen molar-refractivity contribution in [3.63, 3.8) is 0 Å². The van der Waals surface area contributed by atoms with E-state index in [4.69, 9.17) is 5.11 Å². The van der Waals surface area contributed by atoms with E-state index >= 15 is 0 Å². The second-order valence-electron chi connectivity index (χ2n) is 6.45. The summed E-state index contributed by atoms with van der Waals surface area (Å²) >= 11 is 0. The highest BCUT2D eigenvalue weighted by molar-refractivity contribution is 5.85. The molecule has 0 amide bonds. The summed E-state index contributed by atoms with van der Waals surface area (Å²) in [6.45, 7) is 4.77. The summed E-state index contributed by atoms with van der Waals surface area (Å²) in [7, 11) is 1.78. The zero-order valence-corrected chi connectivity index (χ0v) is 14.2. The van der Waals surface area contributed by atoms with Gasteiger partial charge in [0.05, 0.1) is 5.69 Å². The quantitative estimate of drug-likeness (QED) is 0.880. The van der Waals surface area contributed by atoms with Gasteiger partial charge >= 0.3 is 5.97 Å². The van der Waals surface area contributed by atoms with E-state index < -0.39 is 5.97 Å². The fraction of sp³-hybridized carbons (Fsp3) is 0.444. The van der Waals surface area contributed by atoms with E-state index in [2.05, 4.69) is 46.5 Å². The first-order chi connectivity index (χ1) is 11.5. The lowest BCUT2D eigenvalue weighted by Gasteiger charge is -2.35. The van der Waals surface area contributed by atoms with Gasteiger partial charge in [0.1, 0.15) is 0 Å². The van der Waals surface area contributed by atoms with Crippen LogP contribution >= 0.6 is 0 Å². The molecule has 1 aromatic heterocycles. The molecule has 0 aliphatic carbocycles. The Morgan fingerprint density at radius 2 is 2.12 bits per heavy atom. The van der Waals surface area contributed by atoms with E-state index in [0.29, 0.717) is 12.6 Å². The van der Waals surface area contributed by atoms with Crippen LogP contribution in [0.25, 0.3) is 0 Å². The topological polar surface area (TPSA) is 70.4 Å². The third-order valence-electron chi connectivity index (χ3n) is 4.59. The van der Waals surface area contributed by atoms with Crippen LogP contribution in [0, 0.1) is 6.92 Å². The van der Waals surface area contributed by atoms with Crippen molar-refractivity contribution < 1.29 is 9.90 Å². The molecule has 1 aliphatic heterocycles. The van der Waals surface area contributed by atoms with E-state index in [0.717, 1.165) is 31.6 Å². The molecule has 2 N–H and O–H groups in total. The molecule has 1 saturated heterocycles. The van der Waals surface area contributed by atoms with Gasteiger partial charge in [0, 0.05) is 38.4 Å². The summed E-state index contributed by atoms with van der Waals surface area (Å²) in [4.78, 5) is 13.4. The number of aromatic nitrogens is 2. The number of rotatable bonds is 5. The number of benzene rings is 1. The van der Waals surface area contributed by atoms with Crippen LogP contribution in [0.2, 0.25) is 0 Å². The van der Waals surface area contributed by atoms with Crippen molar-refractivity contribution in [1.82, 2.24) is 15.1 Å². The molecular formula is C18H24N4O2. The average molecular weight is 328 g/mol. The van der Waals surface area contributed by atoms with Crippen LogP contribution in [0.3, 0.4) is 0 Å². The van der Waals surface area contributed by atoms with Gasteiger partial charge in [-0.2, -0.15) is 5.10 Å². The lowest BCUT2D eigenvalue weighted by molar-refractivity contribution is 0.0689. The Hall–Kier alpha value is -2.34. The number of anilines is 1. The predicted octanol–water partition coefficient (Wildman–Crippen LogP) is 2.19. The molecule has 2 aromatic rings. The maximum atomic E-state index is 11.0.